The minimum atomic E-state index is 0.176. The van der Waals surface area contributed by atoms with Gasteiger partial charge in [-0.05, 0) is 59.0 Å². The molecule has 1 aliphatic heterocycles. The van der Waals surface area contributed by atoms with E-state index in [0.717, 1.165) is 12.8 Å². The molecule has 1 atom stereocenters. The zero-order valence-corrected chi connectivity index (χ0v) is 11.8. The van der Waals surface area contributed by atoms with Crippen molar-refractivity contribution in [2.75, 3.05) is 13.1 Å². The Bertz CT molecular complexity index is 217. The molecule has 0 aromatic rings. The van der Waals surface area contributed by atoms with Crippen molar-refractivity contribution in [1.82, 2.24) is 4.90 Å². The van der Waals surface area contributed by atoms with E-state index < -0.39 is 0 Å². The van der Waals surface area contributed by atoms with Gasteiger partial charge in [-0.15, -0.1) is 6.58 Å². The lowest BCUT2D eigenvalue weighted by Crippen LogP contribution is -2.55. The molecule has 0 spiro atoms. The van der Waals surface area contributed by atoms with E-state index in [0.29, 0.717) is 6.04 Å². The molecular weight excluding hydrogens is 208 g/mol. The highest BCUT2D eigenvalue weighted by Crippen LogP contribution is 2.25. The van der Waals surface area contributed by atoms with Gasteiger partial charge in [0.15, 0.2) is 0 Å². The molecule has 2 heteroatoms. The minimum absolute atomic E-state index is 0.176. The second-order valence-corrected chi connectivity index (χ2v) is 5.88. The zero-order chi connectivity index (χ0) is 12.7. The van der Waals surface area contributed by atoms with E-state index in [2.05, 4.69) is 25.3 Å². The highest BCUT2D eigenvalue weighted by atomic mass is 15.2. The summed E-state index contributed by atoms with van der Waals surface area (Å²) in [5.41, 5.74) is 6.56. The number of rotatable bonds is 8. The summed E-state index contributed by atoms with van der Waals surface area (Å²) < 4.78 is 0. The van der Waals surface area contributed by atoms with Crippen molar-refractivity contribution in [3.05, 3.63) is 12.7 Å². The molecule has 0 saturated carbocycles. The lowest BCUT2D eigenvalue weighted by atomic mass is 9.89. The van der Waals surface area contributed by atoms with Crippen molar-refractivity contribution in [3.63, 3.8) is 0 Å². The molecule has 0 aromatic heterocycles. The fraction of sp³-hybridized carbons (Fsp3) is 0.867. The predicted octanol–water partition coefficient (Wildman–Crippen LogP) is 3.32. The van der Waals surface area contributed by atoms with Crippen LogP contribution in [0.3, 0.4) is 0 Å². The van der Waals surface area contributed by atoms with Gasteiger partial charge in [0.25, 0.3) is 0 Å². The number of unbranched alkanes of at least 4 members (excludes halogenated alkanes) is 3. The Morgan fingerprint density at radius 1 is 1.24 bits per heavy atom. The van der Waals surface area contributed by atoms with E-state index >= 15 is 0 Å². The Labute approximate surface area is 107 Å². The van der Waals surface area contributed by atoms with Crippen molar-refractivity contribution in [2.24, 2.45) is 5.73 Å². The first-order chi connectivity index (χ1) is 8.09. The molecule has 17 heavy (non-hydrogen) atoms. The van der Waals surface area contributed by atoms with Gasteiger partial charge in [0.2, 0.25) is 0 Å². The molecule has 0 radical (unpaired) electrons. The van der Waals surface area contributed by atoms with Gasteiger partial charge >= 0.3 is 0 Å². The second kappa shape index (κ2) is 7.17. The third kappa shape index (κ3) is 4.44. The zero-order valence-electron chi connectivity index (χ0n) is 11.8. The summed E-state index contributed by atoms with van der Waals surface area (Å²) >= 11 is 0. The van der Waals surface area contributed by atoms with Crippen LogP contribution in [0.1, 0.15) is 58.8 Å². The third-order valence-electron chi connectivity index (χ3n) is 4.25. The largest absolute Gasteiger partial charge is 0.326 e. The van der Waals surface area contributed by atoms with Crippen molar-refractivity contribution in [1.29, 1.82) is 0 Å². The molecule has 1 saturated heterocycles. The Balaban J connectivity index is 2.24. The van der Waals surface area contributed by atoms with Crippen molar-refractivity contribution >= 4 is 0 Å². The molecule has 0 aliphatic carbocycles. The van der Waals surface area contributed by atoms with E-state index in [-0.39, 0.29) is 5.54 Å². The molecule has 1 rings (SSSR count). The molecule has 1 unspecified atom stereocenters. The van der Waals surface area contributed by atoms with Crippen LogP contribution in [0.2, 0.25) is 0 Å². The average molecular weight is 238 g/mol. The smallest absolute Gasteiger partial charge is 0.0304 e. The summed E-state index contributed by atoms with van der Waals surface area (Å²) in [7, 11) is 0. The van der Waals surface area contributed by atoms with Gasteiger partial charge in [-0.3, -0.25) is 4.90 Å². The number of nitrogens with two attached hydrogens (primary N) is 1. The highest BCUT2D eigenvalue weighted by Gasteiger charge is 2.33. The lowest BCUT2D eigenvalue weighted by Gasteiger charge is -2.40. The molecule has 0 amide bonds. The number of hydrogen-bond acceptors (Lipinski definition) is 2. The van der Waals surface area contributed by atoms with Crippen molar-refractivity contribution in [2.45, 2.75) is 70.4 Å². The van der Waals surface area contributed by atoms with E-state index in [1.807, 2.05) is 6.08 Å². The molecule has 2 nitrogen and oxygen atoms in total. The van der Waals surface area contributed by atoms with E-state index in [1.54, 1.807) is 0 Å². The maximum absolute atomic E-state index is 6.38. The molecule has 0 aromatic carbocycles. The fourth-order valence-electron chi connectivity index (χ4n) is 2.71. The van der Waals surface area contributed by atoms with Crippen LogP contribution in [0.5, 0.6) is 0 Å². The van der Waals surface area contributed by atoms with Crippen LogP contribution in [-0.2, 0) is 0 Å². The first kappa shape index (κ1) is 14.7. The number of hydrogen-bond donors (Lipinski definition) is 1. The molecule has 2 N–H and O–H groups in total. The maximum Gasteiger partial charge on any atom is 0.0304 e. The monoisotopic (exact) mass is 238 g/mol. The third-order valence-corrected chi connectivity index (χ3v) is 4.25. The number of likely N-dealkylation sites (tertiary alicyclic amines) is 1. The summed E-state index contributed by atoms with van der Waals surface area (Å²) in [6.45, 7) is 10.8. The highest BCUT2D eigenvalue weighted by molar-refractivity contribution is 4.93. The van der Waals surface area contributed by atoms with Crippen LogP contribution < -0.4 is 5.73 Å². The molecular formula is C15H30N2. The SMILES string of the molecule is C=CCCCCCC(N)C(C)(C)N1CCCC1. The fourth-order valence-corrected chi connectivity index (χ4v) is 2.71. The molecule has 1 aliphatic rings. The quantitative estimate of drug-likeness (QED) is 0.519. The van der Waals surface area contributed by atoms with Gasteiger partial charge in [-0.2, -0.15) is 0 Å². The van der Waals surface area contributed by atoms with Gasteiger partial charge in [0.1, 0.15) is 0 Å². The summed E-state index contributed by atoms with van der Waals surface area (Å²) in [4.78, 5) is 2.57. The predicted molar refractivity (Wildman–Crippen MR) is 76.1 cm³/mol. The molecule has 0 bridgehead atoms. The van der Waals surface area contributed by atoms with Crippen LogP contribution in [-0.4, -0.2) is 29.6 Å². The summed E-state index contributed by atoms with van der Waals surface area (Å²) in [5.74, 6) is 0. The van der Waals surface area contributed by atoms with Crippen molar-refractivity contribution < 1.29 is 0 Å². The van der Waals surface area contributed by atoms with Crippen LogP contribution in [0.15, 0.2) is 12.7 Å². The van der Waals surface area contributed by atoms with Gasteiger partial charge in [-0.25, -0.2) is 0 Å². The van der Waals surface area contributed by atoms with Crippen LogP contribution in [0.25, 0.3) is 0 Å². The van der Waals surface area contributed by atoms with Crippen molar-refractivity contribution in [3.8, 4) is 0 Å². The van der Waals surface area contributed by atoms with E-state index in [9.17, 15) is 0 Å². The van der Waals surface area contributed by atoms with E-state index in [4.69, 9.17) is 5.73 Å². The first-order valence-electron chi connectivity index (χ1n) is 7.20. The Morgan fingerprint density at radius 2 is 1.88 bits per heavy atom. The standard InChI is InChI=1S/C15H30N2/c1-4-5-6-7-8-11-14(16)15(2,3)17-12-9-10-13-17/h4,14H,1,5-13,16H2,2-3H3. The van der Waals surface area contributed by atoms with Crippen LogP contribution in [0, 0.1) is 0 Å². The van der Waals surface area contributed by atoms with Gasteiger partial charge in [-0.1, -0.05) is 18.9 Å². The Kier molecular flexibility index (Phi) is 6.21. The summed E-state index contributed by atoms with van der Waals surface area (Å²) in [6.07, 6.45) is 10.8. The molecule has 100 valence electrons. The van der Waals surface area contributed by atoms with Crippen LogP contribution >= 0.6 is 0 Å². The van der Waals surface area contributed by atoms with Gasteiger partial charge < -0.3 is 5.73 Å². The molecule has 1 heterocycles. The average Bonchev–Trinajstić information content (AvgIpc) is 2.82. The lowest BCUT2D eigenvalue weighted by molar-refractivity contribution is 0.118. The minimum Gasteiger partial charge on any atom is -0.326 e. The summed E-state index contributed by atoms with van der Waals surface area (Å²) in [5, 5.41) is 0. The normalized spacial score (nSPS) is 19.5. The van der Waals surface area contributed by atoms with Gasteiger partial charge in [0.05, 0.1) is 0 Å². The Morgan fingerprint density at radius 3 is 2.47 bits per heavy atom. The van der Waals surface area contributed by atoms with Gasteiger partial charge in [0, 0.05) is 11.6 Å². The van der Waals surface area contributed by atoms with E-state index in [1.165, 1.54) is 45.2 Å². The second-order valence-electron chi connectivity index (χ2n) is 5.88. The number of allylic oxidation sites excluding steroid dienone is 1. The molecule has 1 fully saturated rings. The Hall–Kier alpha value is -0.340. The first-order valence-corrected chi connectivity index (χ1v) is 7.20. The summed E-state index contributed by atoms with van der Waals surface area (Å²) in [6, 6.07) is 0.310. The maximum atomic E-state index is 6.38. The number of nitrogens with zero attached hydrogens (tertiary/aromatic N) is 1. The van der Waals surface area contributed by atoms with Crippen LogP contribution in [0.4, 0.5) is 0 Å². The topological polar surface area (TPSA) is 29.3 Å².